The fraction of sp³-hybridized carbons (Fsp3) is 0.462. The number of nitrogens with one attached hydrogen (secondary N) is 2. The summed E-state index contributed by atoms with van der Waals surface area (Å²) in [5.74, 6) is -0.937. The topological polar surface area (TPSA) is 101 Å². The second-order valence-electron chi connectivity index (χ2n) is 4.62. The molecule has 1 unspecified atom stereocenters. The van der Waals surface area contributed by atoms with E-state index >= 15 is 0 Å². The van der Waals surface area contributed by atoms with E-state index in [2.05, 4.69) is 15.6 Å². The Morgan fingerprint density at radius 2 is 2.30 bits per heavy atom. The third kappa shape index (κ3) is 4.51. The zero-order valence-corrected chi connectivity index (χ0v) is 11.0. The Hall–Kier alpha value is -2.15. The number of rotatable bonds is 4. The number of carboxylic acid groups (broad SMARTS) is 1. The lowest BCUT2D eigenvalue weighted by molar-refractivity contribution is -0.136. The number of urea groups is 1. The molecule has 3 N–H and O–H groups in total. The first-order valence-electron chi connectivity index (χ1n) is 6.45. The molecule has 7 nitrogen and oxygen atoms in total. The number of carbonyl (C=O) groups excluding carboxylic acids is 1. The fourth-order valence-electron chi connectivity index (χ4n) is 1.97. The Kier molecular flexibility index (Phi) is 4.89. The first kappa shape index (κ1) is 14.3. The predicted octanol–water partition coefficient (Wildman–Crippen LogP) is 1.01. The van der Waals surface area contributed by atoms with Crippen molar-refractivity contribution in [2.24, 2.45) is 0 Å². The lowest BCUT2D eigenvalue weighted by Gasteiger charge is -2.23. The second-order valence-corrected chi connectivity index (χ2v) is 4.62. The SMILES string of the molecule is O=C(O)Cc1ccc(NC(=O)NC2CCCOC2)cn1. The largest absolute Gasteiger partial charge is 0.481 e. The van der Waals surface area contributed by atoms with Gasteiger partial charge in [0.1, 0.15) is 0 Å². The van der Waals surface area contributed by atoms with Crippen LogP contribution in [-0.2, 0) is 16.0 Å². The molecule has 1 aliphatic rings. The van der Waals surface area contributed by atoms with Gasteiger partial charge in [-0.3, -0.25) is 9.78 Å². The zero-order valence-electron chi connectivity index (χ0n) is 11.0. The van der Waals surface area contributed by atoms with Gasteiger partial charge in [0, 0.05) is 6.61 Å². The molecule has 1 aromatic heterocycles. The zero-order chi connectivity index (χ0) is 14.4. The maximum atomic E-state index is 11.7. The molecule has 0 spiro atoms. The van der Waals surface area contributed by atoms with Gasteiger partial charge < -0.3 is 20.5 Å². The Morgan fingerprint density at radius 3 is 2.90 bits per heavy atom. The molecule has 20 heavy (non-hydrogen) atoms. The molecule has 2 rings (SSSR count). The van der Waals surface area contributed by atoms with Crippen molar-refractivity contribution in [1.29, 1.82) is 0 Å². The van der Waals surface area contributed by atoms with Crippen molar-refractivity contribution in [1.82, 2.24) is 10.3 Å². The van der Waals surface area contributed by atoms with Crippen LogP contribution in [0.5, 0.6) is 0 Å². The highest BCUT2D eigenvalue weighted by atomic mass is 16.5. The molecule has 1 aliphatic heterocycles. The van der Waals surface area contributed by atoms with Gasteiger partial charge in [0.25, 0.3) is 0 Å². The monoisotopic (exact) mass is 279 g/mol. The summed E-state index contributed by atoms with van der Waals surface area (Å²) in [7, 11) is 0. The molecule has 0 radical (unpaired) electrons. The van der Waals surface area contributed by atoms with E-state index in [9.17, 15) is 9.59 Å². The van der Waals surface area contributed by atoms with E-state index in [-0.39, 0.29) is 18.5 Å². The third-order valence-corrected chi connectivity index (χ3v) is 2.91. The van der Waals surface area contributed by atoms with Gasteiger partial charge in [-0.05, 0) is 25.0 Å². The van der Waals surface area contributed by atoms with Crippen LogP contribution in [0, 0.1) is 0 Å². The molecule has 7 heteroatoms. The van der Waals surface area contributed by atoms with Crippen molar-refractivity contribution in [2.75, 3.05) is 18.5 Å². The first-order chi connectivity index (χ1) is 9.63. The van der Waals surface area contributed by atoms with Gasteiger partial charge in [-0.25, -0.2) is 4.79 Å². The highest BCUT2D eigenvalue weighted by molar-refractivity contribution is 5.89. The summed E-state index contributed by atoms with van der Waals surface area (Å²) >= 11 is 0. The molecule has 0 bridgehead atoms. The first-order valence-corrected chi connectivity index (χ1v) is 6.45. The van der Waals surface area contributed by atoms with Gasteiger partial charge in [0.2, 0.25) is 0 Å². The lowest BCUT2D eigenvalue weighted by atomic mass is 10.1. The number of ether oxygens (including phenoxy) is 1. The molecule has 1 fully saturated rings. The summed E-state index contributed by atoms with van der Waals surface area (Å²) in [5.41, 5.74) is 0.970. The van der Waals surface area contributed by atoms with Crippen LogP contribution in [-0.4, -0.2) is 41.3 Å². The van der Waals surface area contributed by atoms with Crippen molar-refractivity contribution in [3.8, 4) is 0 Å². The minimum absolute atomic E-state index is 0.0305. The average molecular weight is 279 g/mol. The van der Waals surface area contributed by atoms with Crippen LogP contribution < -0.4 is 10.6 Å². The summed E-state index contributed by atoms with van der Waals surface area (Å²) < 4.78 is 5.28. The van der Waals surface area contributed by atoms with Crippen molar-refractivity contribution in [3.05, 3.63) is 24.0 Å². The number of anilines is 1. The van der Waals surface area contributed by atoms with Crippen LogP contribution in [0.2, 0.25) is 0 Å². The summed E-state index contributed by atoms with van der Waals surface area (Å²) in [6, 6.07) is 2.92. The Morgan fingerprint density at radius 1 is 1.45 bits per heavy atom. The van der Waals surface area contributed by atoms with Crippen molar-refractivity contribution in [2.45, 2.75) is 25.3 Å². The Bertz CT molecular complexity index is 469. The van der Waals surface area contributed by atoms with E-state index in [1.165, 1.54) is 6.20 Å². The molecule has 0 saturated carbocycles. The third-order valence-electron chi connectivity index (χ3n) is 2.91. The number of nitrogens with zero attached hydrogens (tertiary/aromatic N) is 1. The van der Waals surface area contributed by atoms with Crippen LogP contribution in [0.25, 0.3) is 0 Å². The highest BCUT2D eigenvalue weighted by Crippen LogP contribution is 2.08. The summed E-state index contributed by atoms with van der Waals surface area (Å²) in [5, 5.41) is 14.1. The van der Waals surface area contributed by atoms with Crippen molar-refractivity contribution < 1.29 is 19.4 Å². The Balaban J connectivity index is 1.82. The minimum Gasteiger partial charge on any atom is -0.481 e. The quantitative estimate of drug-likeness (QED) is 0.763. The maximum absolute atomic E-state index is 11.7. The molecular weight excluding hydrogens is 262 g/mol. The van der Waals surface area contributed by atoms with Gasteiger partial charge in [-0.1, -0.05) is 0 Å². The van der Waals surface area contributed by atoms with Gasteiger partial charge in [-0.15, -0.1) is 0 Å². The maximum Gasteiger partial charge on any atom is 0.319 e. The average Bonchev–Trinajstić information content (AvgIpc) is 2.41. The molecule has 0 aliphatic carbocycles. The van der Waals surface area contributed by atoms with Gasteiger partial charge in [0.15, 0.2) is 0 Å². The normalized spacial score (nSPS) is 18.3. The van der Waals surface area contributed by atoms with Crippen LogP contribution in [0.15, 0.2) is 18.3 Å². The lowest BCUT2D eigenvalue weighted by Crippen LogP contribution is -2.42. The van der Waals surface area contributed by atoms with Gasteiger partial charge in [0.05, 0.1) is 36.6 Å². The van der Waals surface area contributed by atoms with E-state index in [4.69, 9.17) is 9.84 Å². The van der Waals surface area contributed by atoms with Crippen molar-refractivity contribution >= 4 is 17.7 Å². The standard InChI is InChI=1S/C13H17N3O4/c17-12(18)6-9-3-4-10(7-14-9)15-13(19)16-11-2-1-5-20-8-11/h3-4,7,11H,1-2,5-6,8H2,(H,17,18)(H2,15,16,19). The molecule has 2 amide bonds. The molecule has 1 aromatic rings. The molecule has 108 valence electrons. The summed E-state index contributed by atoms with van der Waals surface area (Å²) in [6.07, 6.45) is 3.15. The summed E-state index contributed by atoms with van der Waals surface area (Å²) in [6.45, 7) is 1.28. The molecule has 1 atom stereocenters. The number of aliphatic carboxylic acids is 1. The number of hydrogen-bond donors (Lipinski definition) is 3. The van der Waals surface area contributed by atoms with Crippen LogP contribution in [0.1, 0.15) is 18.5 Å². The van der Waals surface area contributed by atoms with E-state index in [0.29, 0.717) is 18.0 Å². The van der Waals surface area contributed by atoms with Crippen LogP contribution in [0.3, 0.4) is 0 Å². The molecule has 2 heterocycles. The van der Waals surface area contributed by atoms with Crippen LogP contribution >= 0.6 is 0 Å². The van der Waals surface area contributed by atoms with E-state index < -0.39 is 5.97 Å². The van der Waals surface area contributed by atoms with Gasteiger partial charge in [-0.2, -0.15) is 0 Å². The highest BCUT2D eigenvalue weighted by Gasteiger charge is 2.16. The van der Waals surface area contributed by atoms with Crippen LogP contribution in [0.4, 0.5) is 10.5 Å². The second kappa shape index (κ2) is 6.85. The fourth-order valence-corrected chi connectivity index (χ4v) is 1.97. The number of aromatic nitrogens is 1. The molecule has 1 saturated heterocycles. The number of carboxylic acids is 1. The van der Waals surface area contributed by atoms with Crippen molar-refractivity contribution in [3.63, 3.8) is 0 Å². The van der Waals surface area contributed by atoms with Gasteiger partial charge >= 0.3 is 12.0 Å². The molecule has 0 aromatic carbocycles. The minimum atomic E-state index is -0.937. The van der Waals surface area contributed by atoms with E-state index in [0.717, 1.165) is 19.4 Å². The summed E-state index contributed by atoms with van der Waals surface area (Å²) in [4.78, 5) is 26.2. The number of pyridine rings is 1. The smallest absolute Gasteiger partial charge is 0.319 e. The molecular formula is C13H17N3O4. The number of carbonyl (C=O) groups is 2. The number of amides is 2. The number of hydrogen-bond acceptors (Lipinski definition) is 4. The van der Waals surface area contributed by atoms with E-state index in [1.807, 2.05) is 0 Å². The van der Waals surface area contributed by atoms with E-state index in [1.54, 1.807) is 12.1 Å². The predicted molar refractivity (Wildman–Crippen MR) is 71.6 cm³/mol. The Labute approximate surface area is 116 Å².